The van der Waals surface area contributed by atoms with Gasteiger partial charge in [0.1, 0.15) is 5.75 Å². The topological polar surface area (TPSA) is 84.1 Å². The summed E-state index contributed by atoms with van der Waals surface area (Å²) in [6, 6.07) is 17.4. The van der Waals surface area contributed by atoms with Crippen molar-refractivity contribution in [3.8, 4) is 17.0 Å². The number of hydrogen-bond acceptors (Lipinski definition) is 4. The largest absolute Gasteiger partial charge is 0.417 e. The molecule has 6 nitrogen and oxygen atoms in total. The monoisotopic (exact) mass is 321 g/mol. The number of carbonyl (C=O) groups is 1. The SMILES string of the molecule is Cc1cccc(OC(=O)Nc2ccc(-c3ccc(=O)[nH]n3)cc2)c1. The number of nitrogens with zero attached hydrogens (tertiary/aromatic N) is 1. The Hall–Kier alpha value is -3.41. The zero-order chi connectivity index (χ0) is 16.9. The molecular weight excluding hydrogens is 306 g/mol. The van der Waals surface area contributed by atoms with Crippen molar-refractivity contribution in [2.75, 3.05) is 5.32 Å². The summed E-state index contributed by atoms with van der Waals surface area (Å²) >= 11 is 0. The number of hydrogen-bond donors (Lipinski definition) is 2. The quantitative estimate of drug-likeness (QED) is 0.775. The molecule has 0 unspecified atom stereocenters. The van der Waals surface area contributed by atoms with Gasteiger partial charge in [-0.1, -0.05) is 24.3 Å². The molecule has 0 saturated heterocycles. The normalized spacial score (nSPS) is 10.2. The molecule has 1 amide bonds. The van der Waals surface area contributed by atoms with E-state index >= 15 is 0 Å². The van der Waals surface area contributed by atoms with Crippen LogP contribution < -0.4 is 15.6 Å². The lowest BCUT2D eigenvalue weighted by Gasteiger charge is -2.08. The zero-order valence-corrected chi connectivity index (χ0v) is 12.9. The molecule has 3 rings (SSSR count). The number of ether oxygens (including phenoxy) is 1. The van der Waals surface area contributed by atoms with E-state index in [0.717, 1.165) is 11.1 Å². The Kier molecular flexibility index (Phi) is 4.38. The molecule has 1 aromatic heterocycles. The van der Waals surface area contributed by atoms with E-state index in [0.29, 0.717) is 17.1 Å². The standard InChI is InChI=1S/C18H15N3O3/c1-12-3-2-4-15(11-12)24-18(23)19-14-7-5-13(6-8-14)16-9-10-17(22)21-20-16/h2-11H,1H3,(H,19,23)(H,21,22). The third-order valence-electron chi connectivity index (χ3n) is 3.31. The third-order valence-corrected chi connectivity index (χ3v) is 3.31. The van der Waals surface area contributed by atoms with Crippen molar-refractivity contribution in [2.24, 2.45) is 0 Å². The fraction of sp³-hybridized carbons (Fsp3) is 0.0556. The molecule has 2 N–H and O–H groups in total. The Labute approximate surface area is 138 Å². The maximum atomic E-state index is 11.9. The summed E-state index contributed by atoms with van der Waals surface area (Å²) in [5, 5.41) is 8.99. The number of anilines is 1. The van der Waals surface area contributed by atoms with Gasteiger partial charge >= 0.3 is 6.09 Å². The second-order valence-corrected chi connectivity index (χ2v) is 5.21. The molecule has 0 atom stereocenters. The number of aromatic amines is 1. The molecule has 2 aromatic carbocycles. The van der Waals surface area contributed by atoms with Crippen molar-refractivity contribution in [3.63, 3.8) is 0 Å². The maximum Gasteiger partial charge on any atom is 0.417 e. The van der Waals surface area contributed by atoms with Crippen LogP contribution in [-0.2, 0) is 0 Å². The zero-order valence-electron chi connectivity index (χ0n) is 12.9. The van der Waals surface area contributed by atoms with Crippen LogP contribution in [0, 0.1) is 6.92 Å². The average molecular weight is 321 g/mol. The minimum absolute atomic E-state index is 0.254. The Morgan fingerprint density at radius 1 is 1.08 bits per heavy atom. The lowest BCUT2D eigenvalue weighted by atomic mass is 10.1. The van der Waals surface area contributed by atoms with Gasteiger partial charge in [-0.05, 0) is 42.8 Å². The Morgan fingerprint density at radius 2 is 1.88 bits per heavy atom. The third kappa shape index (κ3) is 3.86. The highest BCUT2D eigenvalue weighted by Gasteiger charge is 2.06. The molecule has 1 heterocycles. The highest BCUT2D eigenvalue weighted by molar-refractivity contribution is 5.86. The van der Waals surface area contributed by atoms with Gasteiger partial charge in [0.2, 0.25) is 0 Å². The smallest absolute Gasteiger partial charge is 0.410 e. The van der Waals surface area contributed by atoms with E-state index in [9.17, 15) is 9.59 Å². The van der Waals surface area contributed by atoms with E-state index in [-0.39, 0.29) is 5.56 Å². The van der Waals surface area contributed by atoms with Gasteiger partial charge in [0, 0.05) is 17.3 Å². The van der Waals surface area contributed by atoms with Crippen LogP contribution in [0.5, 0.6) is 5.75 Å². The van der Waals surface area contributed by atoms with Crippen molar-refractivity contribution >= 4 is 11.8 Å². The Bertz CT molecular complexity index is 897. The van der Waals surface area contributed by atoms with Crippen molar-refractivity contribution in [1.82, 2.24) is 10.2 Å². The lowest BCUT2D eigenvalue weighted by molar-refractivity contribution is 0.215. The van der Waals surface area contributed by atoms with E-state index in [1.54, 1.807) is 42.5 Å². The molecule has 0 spiro atoms. The molecule has 0 saturated carbocycles. The first-order chi connectivity index (χ1) is 11.6. The average Bonchev–Trinajstić information content (AvgIpc) is 2.56. The number of nitrogens with one attached hydrogen (secondary N) is 2. The van der Waals surface area contributed by atoms with Crippen LogP contribution in [0.3, 0.4) is 0 Å². The summed E-state index contributed by atoms with van der Waals surface area (Å²) in [6.45, 7) is 1.92. The van der Waals surface area contributed by atoms with Gasteiger partial charge in [0.15, 0.2) is 0 Å². The van der Waals surface area contributed by atoms with E-state index < -0.39 is 6.09 Å². The summed E-state index contributed by atoms with van der Waals surface area (Å²) in [4.78, 5) is 22.9. The van der Waals surface area contributed by atoms with Crippen LogP contribution in [0.15, 0.2) is 65.5 Å². The molecule has 0 radical (unpaired) electrons. The second kappa shape index (κ2) is 6.78. The highest BCUT2D eigenvalue weighted by atomic mass is 16.6. The van der Waals surface area contributed by atoms with Crippen LogP contribution in [0.2, 0.25) is 0 Å². The van der Waals surface area contributed by atoms with Crippen LogP contribution in [0.4, 0.5) is 10.5 Å². The number of aromatic nitrogens is 2. The molecular formula is C18H15N3O3. The predicted octanol–water partition coefficient (Wildman–Crippen LogP) is 3.36. The number of aryl methyl sites for hydroxylation is 1. The maximum absolute atomic E-state index is 11.9. The van der Waals surface area contributed by atoms with Gasteiger partial charge in [0.05, 0.1) is 5.69 Å². The number of rotatable bonds is 3. The molecule has 3 aromatic rings. The Morgan fingerprint density at radius 3 is 2.54 bits per heavy atom. The summed E-state index contributed by atoms with van der Waals surface area (Å²) < 4.78 is 5.23. The van der Waals surface area contributed by atoms with E-state index in [1.165, 1.54) is 6.07 Å². The number of benzene rings is 2. The van der Waals surface area contributed by atoms with Crippen LogP contribution in [0.25, 0.3) is 11.3 Å². The van der Waals surface area contributed by atoms with Gasteiger partial charge in [0.25, 0.3) is 5.56 Å². The van der Waals surface area contributed by atoms with Gasteiger partial charge in [-0.2, -0.15) is 5.10 Å². The van der Waals surface area contributed by atoms with Crippen molar-refractivity contribution in [1.29, 1.82) is 0 Å². The molecule has 0 fully saturated rings. The van der Waals surface area contributed by atoms with E-state index in [2.05, 4.69) is 15.5 Å². The van der Waals surface area contributed by atoms with Crippen molar-refractivity contribution in [2.45, 2.75) is 6.92 Å². The first-order valence-corrected chi connectivity index (χ1v) is 7.32. The van der Waals surface area contributed by atoms with E-state index in [4.69, 9.17) is 4.74 Å². The van der Waals surface area contributed by atoms with Gasteiger partial charge in [-0.3, -0.25) is 10.1 Å². The van der Waals surface area contributed by atoms with Gasteiger partial charge < -0.3 is 4.74 Å². The fourth-order valence-corrected chi connectivity index (χ4v) is 2.16. The number of amides is 1. The summed E-state index contributed by atoms with van der Waals surface area (Å²) in [5.74, 6) is 0.488. The van der Waals surface area contributed by atoms with Crippen LogP contribution in [0.1, 0.15) is 5.56 Å². The first kappa shape index (κ1) is 15.5. The van der Waals surface area contributed by atoms with Gasteiger partial charge in [-0.25, -0.2) is 9.89 Å². The first-order valence-electron chi connectivity index (χ1n) is 7.32. The lowest BCUT2D eigenvalue weighted by Crippen LogP contribution is -2.16. The molecule has 0 aliphatic heterocycles. The van der Waals surface area contributed by atoms with E-state index in [1.807, 2.05) is 19.1 Å². The molecule has 0 bridgehead atoms. The minimum Gasteiger partial charge on any atom is -0.410 e. The molecule has 0 aliphatic rings. The molecule has 24 heavy (non-hydrogen) atoms. The van der Waals surface area contributed by atoms with Crippen LogP contribution in [-0.4, -0.2) is 16.3 Å². The Balaban J connectivity index is 1.66. The van der Waals surface area contributed by atoms with Gasteiger partial charge in [-0.15, -0.1) is 0 Å². The molecule has 6 heteroatoms. The predicted molar refractivity (Wildman–Crippen MR) is 91.1 cm³/mol. The summed E-state index contributed by atoms with van der Waals surface area (Å²) in [7, 11) is 0. The molecule has 120 valence electrons. The number of H-pyrrole nitrogens is 1. The van der Waals surface area contributed by atoms with Crippen LogP contribution >= 0.6 is 0 Å². The fourth-order valence-electron chi connectivity index (χ4n) is 2.16. The number of carbonyl (C=O) groups excluding carboxylic acids is 1. The highest BCUT2D eigenvalue weighted by Crippen LogP contribution is 2.19. The van der Waals surface area contributed by atoms with Crippen molar-refractivity contribution in [3.05, 3.63) is 76.6 Å². The van der Waals surface area contributed by atoms with Crippen molar-refractivity contribution < 1.29 is 9.53 Å². The second-order valence-electron chi connectivity index (χ2n) is 5.21. The summed E-state index contributed by atoms with van der Waals surface area (Å²) in [5.41, 5.74) is 2.82. The minimum atomic E-state index is -0.560. The molecule has 0 aliphatic carbocycles. The summed E-state index contributed by atoms with van der Waals surface area (Å²) in [6.07, 6.45) is -0.560.